The van der Waals surface area contributed by atoms with Gasteiger partial charge in [0.15, 0.2) is 5.65 Å². The van der Waals surface area contributed by atoms with E-state index in [1.54, 1.807) is 17.6 Å². The van der Waals surface area contributed by atoms with Crippen LogP contribution in [0.4, 0.5) is 0 Å². The van der Waals surface area contributed by atoms with Crippen LogP contribution in [0.25, 0.3) is 11.2 Å². The molecule has 2 aromatic heterocycles. The summed E-state index contributed by atoms with van der Waals surface area (Å²) in [6, 6.07) is 3.81. The van der Waals surface area contributed by atoms with E-state index in [1.807, 2.05) is 19.1 Å². The first-order valence-corrected chi connectivity index (χ1v) is 9.95. The molecule has 0 bridgehead atoms. The van der Waals surface area contributed by atoms with Crippen molar-refractivity contribution in [3.63, 3.8) is 0 Å². The van der Waals surface area contributed by atoms with E-state index in [9.17, 15) is 8.42 Å². The second-order valence-corrected chi connectivity index (χ2v) is 8.21. The lowest BCUT2D eigenvalue weighted by atomic mass is 10.1. The molecule has 1 aliphatic heterocycles. The molecule has 1 aliphatic rings. The van der Waals surface area contributed by atoms with E-state index in [1.165, 1.54) is 0 Å². The Morgan fingerprint density at radius 1 is 1.42 bits per heavy atom. The molecule has 3 heterocycles. The third-order valence-corrected chi connectivity index (χ3v) is 6.47. The topological polar surface area (TPSA) is 77.3 Å². The van der Waals surface area contributed by atoms with E-state index in [2.05, 4.69) is 9.55 Å². The van der Waals surface area contributed by atoms with Crippen LogP contribution in [0.3, 0.4) is 0 Å². The summed E-state index contributed by atoms with van der Waals surface area (Å²) in [4.78, 5) is 9.17. The van der Waals surface area contributed by atoms with Gasteiger partial charge in [0.1, 0.15) is 11.3 Å². The summed E-state index contributed by atoms with van der Waals surface area (Å²) in [7, 11) is -1.49. The quantitative estimate of drug-likeness (QED) is 0.756. The molecule has 8 heteroatoms. The van der Waals surface area contributed by atoms with Gasteiger partial charge in [-0.1, -0.05) is 6.92 Å². The molecule has 7 nitrogen and oxygen atoms in total. The van der Waals surface area contributed by atoms with Crippen LogP contribution >= 0.6 is 0 Å². The molecule has 3 rings (SSSR count). The maximum Gasteiger partial charge on any atom is 0.214 e. The van der Waals surface area contributed by atoms with Crippen molar-refractivity contribution >= 4 is 21.2 Å². The second-order valence-electron chi connectivity index (χ2n) is 6.12. The molecular weight excluding hydrogens is 328 g/mol. The predicted octanol–water partition coefficient (Wildman–Crippen LogP) is 1.61. The molecular formula is C16H24N4O3S. The maximum absolute atomic E-state index is 12.3. The standard InChI is InChI=1S/C16H24N4O3S/c1-3-11-24(21,22)19-8-6-13(12-19)15-18-14-5-4-7-17-16(14)20(15)9-10-23-2/h4-5,7,13H,3,6,8-12H2,1-2H3. The number of nitrogens with zero attached hydrogens (tertiary/aromatic N) is 4. The lowest BCUT2D eigenvalue weighted by Gasteiger charge is -2.16. The molecule has 1 atom stereocenters. The number of ether oxygens (including phenoxy) is 1. The summed E-state index contributed by atoms with van der Waals surface area (Å²) < 4.78 is 33.5. The summed E-state index contributed by atoms with van der Waals surface area (Å²) in [6.45, 7) is 4.19. The number of fused-ring (bicyclic) bond motifs is 1. The molecule has 0 spiro atoms. The van der Waals surface area contributed by atoms with Gasteiger partial charge in [0.25, 0.3) is 0 Å². The smallest absolute Gasteiger partial charge is 0.214 e. The fourth-order valence-electron chi connectivity index (χ4n) is 3.27. The first kappa shape index (κ1) is 17.3. The average Bonchev–Trinajstić information content (AvgIpc) is 3.18. The minimum atomic E-state index is -3.15. The lowest BCUT2D eigenvalue weighted by Crippen LogP contribution is -2.30. The SMILES string of the molecule is CCCS(=O)(=O)N1CCC(c2nc3cccnc3n2CCOC)C1. The highest BCUT2D eigenvalue weighted by Gasteiger charge is 2.34. The molecule has 0 radical (unpaired) electrons. The molecule has 1 unspecified atom stereocenters. The van der Waals surface area contributed by atoms with Gasteiger partial charge in [0, 0.05) is 38.9 Å². The van der Waals surface area contributed by atoms with Crippen LogP contribution in [0, 0.1) is 0 Å². The molecule has 0 aliphatic carbocycles. The van der Waals surface area contributed by atoms with E-state index in [0.29, 0.717) is 32.7 Å². The van der Waals surface area contributed by atoms with E-state index >= 15 is 0 Å². The Morgan fingerprint density at radius 2 is 2.25 bits per heavy atom. The molecule has 2 aromatic rings. The summed E-state index contributed by atoms with van der Waals surface area (Å²) in [5.74, 6) is 1.22. The van der Waals surface area contributed by atoms with Crippen LogP contribution in [0.1, 0.15) is 31.5 Å². The number of hydrogen-bond donors (Lipinski definition) is 0. The van der Waals surface area contributed by atoms with Gasteiger partial charge < -0.3 is 9.30 Å². The van der Waals surface area contributed by atoms with E-state index in [-0.39, 0.29) is 11.7 Å². The van der Waals surface area contributed by atoms with Gasteiger partial charge in [0.05, 0.1) is 12.4 Å². The zero-order valence-electron chi connectivity index (χ0n) is 14.2. The van der Waals surface area contributed by atoms with Gasteiger partial charge in [-0.15, -0.1) is 0 Å². The molecule has 24 heavy (non-hydrogen) atoms. The van der Waals surface area contributed by atoms with Crippen molar-refractivity contribution in [2.75, 3.05) is 32.6 Å². The van der Waals surface area contributed by atoms with Crippen molar-refractivity contribution < 1.29 is 13.2 Å². The lowest BCUT2D eigenvalue weighted by molar-refractivity contribution is 0.187. The van der Waals surface area contributed by atoms with Crippen molar-refractivity contribution in [3.8, 4) is 0 Å². The van der Waals surface area contributed by atoms with Crippen LogP contribution in [0.5, 0.6) is 0 Å². The fraction of sp³-hybridized carbons (Fsp3) is 0.625. The highest BCUT2D eigenvalue weighted by Crippen LogP contribution is 2.30. The van der Waals surface area contributed by atoms with Gasteiger partial charge in [-0.3, -0.25) is 0 Å². The highest BCUT2D eigenvalue weighted by molar-refractivity contribution is 7.89. The minimum Gasteiger partial charge on any atom is -0.383 e. The van der Waals surface area contributed by atoms with Gasteiger partial charge in [-0.25, -0.2) is 22.7 Å². The van der Waals surface area contributed by atoms with Crippen LogP contribution in [-0.2, 0) is 21.3 Å². The van der Waals surface area contributed by atoms with E-state index < -0.39 is 10.0 Å². The van der Waals surface area contributed by atoms with E-state index in [4.69, 9.17) is 9.72 Å². The van der Waals surface area contributed by atoms with Crippen LogP contribution in [0.2, 0.25) is 0 Å². The predicted molar refractivity (Wildman–Crippen MR) is 92.4 cm³/mol. The molecule has 132 valence electrons. The van der Waals surface area contributed by atoms with Gasteiger partial charge >= 0.3 is 0 Å². The number of hydrogen-bond acceptors (Lipinski definition) is 5. The largest absolute Gasteiger partial charge is 0.383 e. The van der Waals surface area contributed by atoms with Crippen molar-refractivity contribution in [2.45, 2.75) is 32.2 Å². The minimum absolute atomic E-state index is 0.0997. The van der Waals surface area contributed by atoms with Gasteiger partial charge in [-0.2, -0.15) is 0 Å². The number of pyridine rings is 1. The summed E-state index contributed by atoms with van der Waals surface area (Å²) in [5.41, 5.74) is 1.68. The van der Waals surface area contributed by atoms with Crippen molar-refractivity contribution in [1.29, 1.82) is 0 Å². The summed E-state index contributed by atoms with van der Waals surface area (Å²) in [5, 5.41) is 0. The fourth-order valence-corrected chi connectivity index (χ4v) is 4.83. The Kier molecular flexibility index (Phi) is 5.17. The Morgan fingerprint density at radius 3 is 3.00 bits per heavy atom. The molecule has 0 saturated carbocycles. The summed E-state index contributed by atoms with van der Waals surface area (Å²) in [6.07, 6.45) is 3.18. The highest BCUT2D eigenvalue weighted by atomic mass is 32.2. The zero-order valence-corrected chi connectivity index (χ0v) is 15.0. The molecule has 0 N–H and O–H groups in total. The van der Waals surface area contributed by atoms with Crippen molar-refractivity contribution in [1.82, 2.24) is 18.8 Å². The first-order chi connectivity index (χ1) is 11.6. The van der Waals surface area contributed by atoms with Crippen molar-refractivity contribution in [3.05, 3.63) is 24.2 Å². The number of imidazole rings is 1. The molecule has 1 saturated heterocycles. The maximum atomic E-state index is 12.3. The zero-order chi connectivity index (χ0) is 17.2. The second kappa shape index (κ2) is 7.16. The number of aromatic nitrogens is 3. The monoisotopic (exact) mass is 352 g/mol. The van der Waals surface area contributed by atoms with Crippen LogP contribution in [-0.4, -0.2) is 59.8 Å². The average molecular weight is 352 g/mol. The number of rotatable bonds is 7. The van der Waals surface area contributed by atoms with Crippen LogP contribution < -0.4 is 0 Å². The van der Waals surface area contributed by atoms with Gasteiger partial charge in [0.2, 0.25) is 10.0 Å². The first-order valence-electron chi connectivity index (χ1n) is 8.34. The molecule has 1 fully saturated rings. The van der Waals surface area contributed by atoms with Gasteiger partial charge in [-0.05, 0) is 25.0 Å². The number of sulfonamides is 1. The Balaban J connectivity index is 1.89. The summed E-state index contributed by atoms with van der Waals surface area (Å²) >= 11 is 0. The third-order valence-electron chi connectivity index (χ3n) is 4.42. The number of methoxy groups -OCH3 is 1. The van der Waals surface area contributed by atoms with Crippen molar-refractivity contribution in [2.24, 2.45) is 0 Å². The van der Waals surface area contributed by atoms with E-state index in [0.717, 1.165) is 23.4 Å². The normalized spacial score (nSPS) is 19.3. The molecule has 0 aromatic carbocycles. The Bertz CT molecular complexity index is 803. The molecule has 0 amide bonds. The van der Waals surface area contributed by atoms with Crippen LogP contribution in [0.15, 0.2) is 18.3 Å². The Labute approximate surface area is 142 Å². The Hall–Kier alpha value is -1.51. The third kappa shape index (κ3) is 3.31.